The van der Waals surface area contributed by atoms with Gasteiger partial charge in [0.05, 0.1) is 30.4 Å². The number of ether oxygens (including phenoxy) is 3. The zero-order valence-electron chi connectivity index (χ0n) is 19.9. The number of aromatic nitrogens is 1. The number of phenols is 1. The Morgan fingerprint density at radius 2 is 1.91 bits per heavy atom. The van der Waals surface area contributed by atoms with Gasteiger partial charge in [0.1, 0.15) is 11.8 Å². The highest BCUT2D eigenvalue weighted by Crippen LogP contribution is 2.33. The van der Waals surface area contributed by atoms with Crippen LogP contribution in [0.2, 0.25) is 0 Å². The minimum absolute atomic E-state index is 0.0291. The van der Waals surface area contributed by atoms with Gasteiger partial charge in [0.25, 0.3) is 5.56 Å². The van der Waals surface area contributed by atoms with Crippen LogP contribution in [-0.2, 0) is 9.53 Å². The Hall–Kier alpha value is -3.85. The lowest BCUT2D eigenvalue weighted by Crippen LogP contribution is -2.35. The number of methoxy groups -OCH3 is 1. The van der Waals surface area contributed by atoms with E-state index in [2.05, 4.69) is 0 Å². The monoisotopic (exact) mass is 494 g/mol. The van der Waals surface area contributed by atoms with E-state index in [9.17, 15) is 14.7 Å². The lowest BCUT2D eigenvalue weighted by atomic mass is 9.96. The zero-order valence-corrected chi connectivity index (χ0v) is 20.7. The van der Waals surface area contributed by atoms with E-state index < -0.39 is 12.0 Å². The standard InChI is InChI=1S/C26H26N2O6S/c1-5-33-20-13-16(7-12-19(20)29)14-21-24(30)28-15(3)22(25(31)34-6-2)23(27-26(28)35-21)17-8-10-18(32-4)11-9-17/h7-14,23,29H,5-6H2,1-4H3/b21-14-/t23-/m1/s1. The molecule has 3 aromatic rings. The van der Waals surface area contributed by atoms with Gasteiger partial charge >= 0.3 is 5.97 Å². The molecule has 1 atom stereocenters. The average Bonchev–Trinajstić information content (AvgIpc) is 3.16. The predicted molar refractivity (Wildman–Crippen MR) is 133 cm³/mol. The van der Waals surface area contributed by atoms with Gasteiger partial charge in [0.15, 0.2) is 16.3 Å². The Bertz CT molecular complexity index is 1470. The maximum Gasteiger partial charge on any atom is 0.338 e. The molecule has 8 nitrogen and oxygen atoms in total. The first kappa shape index (κ1) is 24.3. The molecular formula is C26H26N2O6S. The van der Waals surface area contributed by atoms with Gasteiger partial charge in [0, 0.05) is 5.70 Å². The van der Waals surface area contributed by atoms with Gasteiger partial charge in [-0.25, -0.2) is 9.79 Å². The summed E-state index contributed by atoms with van der Waals surface area (Å²) in [4.78, 5) is 31.6. The van der Waals surface area contributed by atoms with Crippen LogP contribution in [0.5, 0.6) is 17.2 Å². The average molecular weight is 495 g/mol. The molecule has 182 valence electrons. The Morgan fingerprint density at radius 3 is 2.57 bits per heavy atom. The molecule has 0 amide bonds. The SMILES string of the molecule is CCOC(=O)C1=C(C)n2c(s/c(=C\c3ccc(O)c(OCC)c3)c2=O)=N[C@@H]1c1ccc(OC)cc1. The van der Waals surface area contributed by atoms with Gasteiger partial charge in [-0.05, 0) is 62.2 Å². The number of esters is 1. The molecule has 9 heteroatoms. The molecule has 0 aliphatic carbocycles. The third kappa shape index (κ3) is 4.72. The van der Waals surface area contributed by atoms with Crippen molar-refractivity contribution in [1.29, 1.82) is 0 Å². The maximum absolute atomic E-state index is 13.4. The third-order valence-corrected chi connectivity index (χ3v) is 6.54. The van der Waals surface area contributed by atoms with Crippen LogP contribution in [0.25, 0.3) is 11.8 Å². The van der Waals surface area contributed by atoms with E-state index >= 15 is 0 Å². The van der Waals surface area contributed by atoms with Crippen molar-refractivity contribution in [2.24, 2.45) is 4.99 Å². The van der Waals surface area contributed by atoms with Crippen LogP contribution in [-0.4, -0.2) is 36.0 Å². The lowest BCUT2D eigenvalue weighted by Gasteiger charge is -2.22. The number of rotatable bonds is 7. The second kappa shape index (κ2) is 10.2. The fraction of sp³-hybridized carbons (Fsp3) is 0.269. The smallest absolute Gasteiger partial charge is 0.338 e. The second-order valence-corrected chi connectivity index (χ2v) is 8.73. The van der Waals surface area contributed by atoms with E-state index in [4.69, 9.17) is 19.2 Å². The lowest BCUT2D eigenvalue weighted by molar-refractivity contribution is -0.138. The van der Waals surface area contributed by atoms with Gasteiger partial charge in [-0.2, -0.15) is 0 Å². The number of thiazole rings is 1. The predicted octanol–water partition coefficient (Wildman–Crippen LogP) is 3.02. The fourth-order valence-corrected chi connectivity index (χ4v) is 4.93. The number of aromatic hydroxyl groups is 1. The largest absolute Gasteiger partial charge is 0.504 e. The van der Waals surface area contributed by atoms with Crippen LogP contribution in [0, 0.1) is 0 Å². The number of allylic oxidation sites excluding steroid dienone is 1. The number of carbonyl (C=O) groups excluding carboxylic acids is 1. The summed E-state index contributed by atoms with van der Waals surface area (Å²) in [6, 6.07) is 11.6. The van der Waals surface area contributed by atoms with Crippen LogP contribution in [0.15, 0.2) is 57.8 Å². The Morgan fingerprint density at radius 1 is 1.17 bits per heavy atom. The molecule has 1 aromatic heterocycles. The first-order valence-corrected chi connectivity index (χ1v) is 12.0. The van der Waals surface area contributed by atoms with E-state index in [1.807, 2.05) is 19.1 Å². The summed E-state index contributed by atoms with van der Waals surface area (Å²) >= 11 is 1.23. The normalized spacial score (nSPS) is 15.4. The van der Waals surface area contributed by atoms with Crippen LogP contribution in [0.4, 0.5) is 0 Å². The maximum atomic E-state index is 13.4. The highest BCUT2D eigenvalue weighted by atomic mass is 32.1. The third-order valence-electron chi connectivity index (χ3n) is 5.55. The summed E-state index contributed by atoms with van der Waals surface area (Å²) in [5, 5.41) is 9.97. The second-order valence-electron chi connectivity index (χ2n) is 7.72. The molecule has 1 N–H and O–H groups in total. The fourth-order valence-electron chi connectivity index (χ4n) is 3.89. The Labute approximate surface area is 206 Å². The number of benzene rings is 2. The summed E-state index contributed by atoms with van der Waals surface area (Å²) in [6.07, 6.45) is 1.72. The van der Waals surface area contributed by atoms with E-state index in [1.165, 1.54) is 22.0 Å². The first-order valence-electron chi connectivity index (χ1n) is 11.2. The number of carbonyl (C=O) groups is 1. The molecule has 4 rings (SSSR count). The number of hydrogen-bond donors (Lipinski definition) is 1. The molecule has 0 radical (unpaired) electrons. The van der Waals surface area contributed by atoms with Gasteiger partial charge < -0.3 is 19.3 Å². The summed E-state index contributed by atoms with van der Waals surface area (Å²) in [7, 11) is 1.59. The molecular weight excluding hydrogens is 468 g/mol. The molecule has 0 bridgehead atoms. The number of phenolic OH excluding ortho intramolecular Hbond substituents is 1. The summed E-state index contributed by atoms with van der Waals surface area (Å²) in [6.45, 7) is 5.90. The number of nitrogens with zero attached hydrogens (tertiary/aromatic N) is 2. The number of hydrogen-bond acceptors (Lipinski definition) is 8. The number of fused-ring (bicyclic) bond motifs is 1. The molecule has 0 saturated carbocycles. The Balaban J connectivity index is 1.89. The minimum atomic E-state index is -0.621. The van der Waals surface area contributed by atoms with Crippen molar-refractivity contribution in [3.8, 4) is 17.2 Å². The van der Waals surface area contributed by atoms with Gasteiger partial charge in [-0.1, -0.05) is 29.5 Å². The van der Waals surface area contributed by atoms with E-state index in [0.717, 1.165) is 5.56 Å². The van der Waals surface area contributed by atoms with Crippen molar-refractivity contribution >= 4 is 29.1 Å². The topological polar surface area (TPSA) is 99.3 Å². The van der Waals surface area contributed by atoms with Crippen LogP contribution >= 0.6 is 11.3 Å². The van der Waals surface area contributed by atoms with Gasteiger partial charge in [0.2, 0.25) is 0 Å². The molecule has 0 fully saturated rings. The van der Waals surface area contributed by atoms with Crippen molar-refractivity contribution in [1.82, 2.24) is 4.57 Å². The zero-order chi connectivity index (χ0) is 25.1. The quantitative estimate of drug-likeness (QED) is 0.507. The highest BCUT2D eigenvalue weighted by molar-refractivity contribution is 7.07. The summed E-state index contributed by atoms with van der Waals surface area (Å²) in [5.74, 6) is 0.547. The van der Waals surface area contributed by atoms with Gasteiger partial charge in [-0.3, -0.25) is 9.36 Å². The van der Waals surface area contributed by atoms with Crippen molar-refractivity contribution in [3.05, 3.63) is 78.9 Å². The molecule has 2 aromatic carbocycles. The van der Waals surface area contributed by atoms with Crippen molar-refractivity contribution in [3.63, 3.8) is 0 Å². The highest BCUT2D eigenvalue weighted by Gasteiger charge is 2.31. The molecule has 2 heterocycles. The van der Waals surface area contributed by atoms with Crippen molar-refractivity contribution < 1.29 is 24.1 Å². The minimum Gasteiger partial charge on any atom is -0.504 e. The first-order chi connectivity index (χ1) is 16.9. The summed E-state index contributed by atoms with van der Waals surface area (Å²) in [5.41, 5.74) is 1.99. The Kier molecular flexibility index (Phi) is 7.07. The van der Waals surface area contributed by atoms with Crippen molar-refractivity contribution in [2.45, 2.75) is 26.8 Å². The molecule has 35 heavy (non-hydrogen) atoms. The molecule has 1 aliphatic rings. The van der Waals surface area contributed by atoms with Crippen LogP contribution < -0.4 is 24.4 Å². The van der Waals surface area contributed by atoms with Crippen LogP contribution in [0.3, 0.4) is 0 Å². The van der Waals surface area contributed by atoms with Crippen molar-refractivity contribution in [2.75, 3.05) is 20.3 Å². The molecule has 1 aliphatic heterocycles. The summed E-state index contributed by atoms with van der Waals surface area (Å²) < 4.78 is 17.9. The van der Waals surface area contributed by atoms with E-state index in [1.54, 1.807) is 51.3 Å². The van der Waals surface area contributed by atoms with E-state index in [-0.39, 0.29) is 17.9 Å². The van der Waals surface area contributed by atoms with Gasteiger partial charge in [-0.15, -0.1) is 0 Å². The molecule has 0 saturated heterocycles. The van der Waals surface area contributed by atoms with E-state index in [0.29, 0.717) is 44.3 Å². The van der Waals surface area contributed by atoms with Crippen LogP contribution in [0.1, 0.15) is 37.9 Å². The molecule has 0 unspecified atom stereocenters. The molecule has 0 spiro atoms.